The first kappa shape index (κ1) is 24.1. The Morgan fingerprint density at radius 2 is 1.96 bits per heavy atom. The molecule has 2 N–H and O–H groups in total. The maximum absolute atomic E-state index is 12.1. The molecule has 25 heavy (non-hydrogen) atoms. The molecule has 0 saturated heterocycles. The molecule has 0 aliphatic rings. The van der Waals surface area contributed by atoms with E-state index in [1.807, 2.05) is 37.7 Å². The first-order chi connectivity index (χ1) is 11.5. The Morgan fingerprint density at radius 3 is 2.52 bits per heavy atom. The third kappa shape index (κ3) is 9.40. The first-order valence-electron chi connectivity index (χ1n) is 8.50. The summed E-state index contributed by atoms with van der Waals surface area (Å²) in [6.45, 7) is 9.20. The van der Waals surface area contributed by atoms with Crippen LogP contribution < -0.4 is 10.6 Å². The molecule has 1 aromatic heterocycles. The molecule has 0 bridgehead atoms. The Bertz CT molecular complexity index is 573. The summed E-state index contributed by atoms with van der Waals surface area (Å²) in [7, 11) is -3.21. The lowest BCUT2D eigenvalue weighted by molar-refractivity contribution is 0.445. The van der Waals surface area contributed by atoms with Crippen LogP contribution in [0, 0.1) is 0 Å². The van der Waals surface area contributed by atoms with E-state index in [0.717, 1.165) is 19.5 Å². The van der Waals surface area contributed by atoms with Crippen molar-refractivity contribution in [3.8, 4) is 0 Å². The van der Waals surface area contributed by atoms with Crippen molar-refractivity contribution in [2.24, 2.45) is 4.99 Å². The largest absolute Gasteiger partial charge is 0.357 e. The number of halogens is 1. The molecular formula is C15H31IN6O2S. The summed E-state index contributed by atoms with van der Waals surface area (Å²) in [5.41, 5.74) is 0. The second-order valence-corrected chi connectivity index (χ2v) is 7.30. The molecule has 0 atom stereocenters. The number of nitrogens with zero attached hydrogens (tertiary/aromatic N) is 4. The normalized spacial score (nSPS) is 12.1. The van der Waals surface area contributed by atoms with Gasteiger partial charge in [0, 0.05) is 51.7 Å². The summed E-state index contributed by atoms with van der Waals surface area (Å²) < 4.78 is 27.6. The molecule has 0 aliphatic heterocycles. The molecule has 0 saturated carbocycles. The van der Waals surface area contributed by atoms with Crippen molar-refractivity contribution in [1.29, 1.82) is 0 Å². The van der Waals surface area contributed by atoms with Gasteiger partial charge in [-0.3, -0.25) is 9.67 Å². The Morgan fingerprint density at radius 1 is 1.24 bits per heavy atom. The smallest absolute Gasteiger partial charge is 0.215 e. The van der Waals surface area contributed by atoms with E-state index in [0.29, 0.717) is 32.1 Å². The molecule has 8 nitrogen and oxygen atoms in total. The van der Waals surface area contributed by atoms with Gasteiger partial charge in [0.2, 0.25) is 10.0 Å². The second-order valence-electron chi connectivity index (χ2n) is 5.21. The van der Waals surface area contributed by atoms with Crippen LogP contribution in [0.2, 0.25) is 0 Å². The molecule has 0 radical (unpaired) electrons. The zero-order valence-corrected chi connectivity index (χ0v) is 18.5. The van der Waals surface area contributed by atoms with Crippen LogP contribution in [0.4, 0.5) is 0 Å². The summed E-state index contributed by atoms with van der Waals surface area (Å²) in [5.74, 6) is 0.708. The van der Waals surface area contributed by atoms with Crippen LogP contribution in [0.5, 0.6) is 0 Å². The molecular weight excluding hydrogens is 455 g/mol. The van der Waals surface area contributed by atoms with E-state index in [1.54, 1.807) is 6.20 Å². The molecule has 0 aliphatic carbocycles. The number of aromatic nitrogens is 2. The molecule has 146 valence electrons. The van der Waals surface area contributed by atoms with E-state index in [1.165, 1.54) is 4.31 Å². The fourth-order valence-corrected chi connectivity index (χ4v) is 3.65. The van der Waals surface area contributed by atoms with E-state index in [9.17, 15) is 8.42 Å². The molecule has 0 spiro atoms. The van der Waals surface area contributed by atoms with Crippen molar-refractivity contribution in [2.75, 3.05) is 38.5 Å². The first-order valence-corrected chi connectivity index (χ1v) is 10.1. The quantitative estimate of drug-likeness (QED) is 0.212. The van der Waals surface area contributed by atoms with E-state index >= 15 is 0 Å². The predicted molar refractivity (Wildman–Crippen MR) is 113 cm³/mol. The number of rotatable bonds is 11. The number of guanidine groups is 1. The molecule has 1 heterocycles. The van der Waals surface area contributed by atoms with Crippen molar-refractivity contribution >= 4 is 40.0 Å². The number of sulfonamides is 1. The molecule has 10 heteroatoms. The van der Waals surface area contributed by atoms with Gasteiger partial charge in [0.15, 0.2) is 5.96 Å². The molecule has 0 fully saturated rings. The predicted octanol–water partition coefficient (Wildman–Crippen LogP) is 1.12. The summed E-state index contributed by atoms with van der Waals surface area (Å²) in [6, 6.07) is 1.89. The highest BCUT2D eigenvalue weighted by Crippen LogP contribution is 1.99. The van der Waals surface area contributed by atoms with Crippen LogP contribution in [0.15, 0.2) is 23.5 Å². The summed E-state index contributed by atoms with van der Waals surface area (Å²) in [4.78, 5) is 4.46. The molecule has 1 rings (SSSR count). The van der Waals surface area contributed by atoms with Gasteiger partial charge in [-0.15, -0.1) is 24.0 Å². The zero-order valence-electron chi connectivity index (χ0n) is 15.3. The van der Waals surface area contributed by atoms with Gasteiger partial charge in [0.05, 0.1) is 5.75 Å². The Kier molecular flexibility index (Phi) is 12.9. The summed E-state index contributed by atoms with van der Waals surface area (Å²) in [6.07, 6.45) is 4.55. The van der Waals surface area contributed by atoms with Crippen molar-refractivity contribution < 1.29 is 8.42 Å². The van der Waals surface area contributed by atoms with Gasteiger partial charge in [-0.25, -0.2) is 12.7 Å². The van der Waals surface area contributed by atoms with Crippen LogP contribution in [0.3, 0.4) is 0 Å². The fourth-order valence-electron chi connectivity index (χ4n) is 2.24. The van der Waals surface area contributed by atoms with Crippen LogP contribution in [-0.4, -0.2) is 66.9 Å². The molecule has 0 aromatic carbocycles. The lowest BCUT2D eigenvalue weighted by Crippen LogP contribution is -2.42. The number of aliphatic imine (C=N–C) groups is 1. The number of hydrogen-bond acceptors (Lipinski definition) is 4. The Hall–Kier alpha value is -0.880. The third-order valence-corrected chi connectivity index (χ3v) is 5.49. The number of hydrogen-bond donors (Lipinski definition) is 2. The van der Waals surface area contributed by atoms with Gasteiger partial charge < -0.3 is 10.6 Å². The van der Waals surface area contributed by atoms with E-state index < -0.39 is 10.0 Å². The maximum atomic E-state index is 12.1. The highest BCUT2D eigenvalue weighted by atomic mass is 127. The van der Waals surface area contributed by atoms with Gasteiger partial charge in [0.25, 0.3) is 0 Å². The van der Waals surface area contributed by atoms with Crippen LogP contribution in [0.1, 0.15) is 27.2 Å². The van der Waals surface area contributed by atoms with Crippen molar-refractivity contribution in [3.05, 3.63) is 18.5 Å². The van der Waals surface area contributed by atoms with E-state index in [2.05, 4.69) is 20.7 Å². The van der Waals surface area contributed by atoms with Crippen LogP contribution >= 0.6 is 24.0 Å². The van der Waals surface area contributed by atoms with Crippen molar-refractivity contribution in [1.82, 2.24) is 24.7 Å². The van der Waals surface area contributed by atoms with Gasteiger partial charge >= 0.3 is 0 Å². The van der Waals surface area contributed by atoms with Crippen LogP contribution in [0.25, 0.3) is 0 Å². The minimum absolute atomic E-state index is 0. The lowest BCUT2D eigenvalue weighted by Gasteiger charge is -2.19. The number of aryl methyl sites for hydroxylation is 1. The third-order valence-electron chi connectivity index (χ3n) is 3.47. The standard InChI is InChI=1S/C15H30N6O2S.HI/c1-4-16-15(17-9-7-12-20-13-8-10-19-20)18-11-14-24(22,23)21(5-2)6-3;/h8,10,13H,4-7,9,11-12,14H2,1-3H3,(H2,16,17,18);1H. The average Bonchev–Trinajstić information content (AvgIpc) is 3.05. The fraction of sp³-hybridized carbons (Fsp3) is 0.733. The van der Waals surface area contributed by atoms with Crippen molar-refractivity contribution in [3.63, 3.8) is 0 Å². The summed E-state index contributed by atoms with van der Waals surface area (Å²) >= 11 is 0. The van der Waals surface area contributed by atoms with E-state index in [-0.39, 0.29) is 29.7 Å². The van der Waals surface area contributed by atoms with Gasteiger partial charge in [0.1, 0.15) is 0 Å². The molecule has 1 aromatic rings. The van der Waals surface area contributed by atoms with Gasteiger partial charge in [-0.05, 0) is 19.4 Å². The Balaban J connectivity index is 0.00000576. The highest BCUT2D eigenvalue weighted by Gasteiger charge is 2.18. The lowest BCUT2D eigenvalue weighted by atomic mass is 10.4. The highest BCUT2D eigenvalue weighted by molar-refractivity contribution is 14.0. The van der Waals surface area contributed by atoms with Gasteiger partial charge in [-0.1, -0.05) is 13.8 Å². The minimum atomic E-state index is -3.21. The van der Waals surface area contributed by atoms with Gasteiger partial charge in [-0.2, -0.15) is 5.10 Å². The SMILES string of the molecule is CCNC(=NCCCn1cccn1)NCCS(=O)(=O)N(CC)CC.I. The summed E-state index contributed by atoms with van der Waals surface area (Å²) in [5, 5.41) is 10.4. The zero-order chi connectivity index (χ0) is 17.8. The molecule has 0 unspecified atom stereocenters. The van der Waals surface area contributed by atoms with Crippen molar-refractivity contribution in [2.45, 2.75) is 33.7 Å². The Labute approximate surface area is 168 Å². The average molecular weight is 486 g/mol. The topological polar surface area (TPSA) is 91.6 Å². The monoisotopic (exact) mass is 486 g/mol. The van der Waals surface area contributed by atoms with E-state index in [4.69, 9.17) is 0 Å². The maximum Gasteiger partial charge on any atom is 0.215 e. The van der Waals surface area contributed by atoms with Crippen LogP contribution in [-0.2, 0) is 16.6 Å². The second kappa shape index (κ2) is 13.3. The minimum Gasteiger partial charge on any atom is -0.357 e. The number of nitrogens with one attached hydrogen (secondary N) is 2. The molecule has 0 amide bonds.